The summed E-state index contributed by atoms with van der Waals surface area (Å²) in [5.41, 5.74) is -4.42. The Morgan fingerprint density at radius 3 is 2.00 bits per heavy atom. The van der Waals surface area contributed by atoms with Gasteiger partial charge in [0.25, 0.3) is 9.84 Å². The van der Waals surface area contributed by atoms with Gasteiger partial charge in [0.05, 0.1) is 5.41 Å². The molecule has 0 unspecified atom stereocenters. The lowest BCUT2D eigenvalue weighted by Gasteiger charge is -2.12. The summed E-state index contributed by atoms with van der Waals surface area (Å²) >= 11 is 0. The van der Waals surface area contributed by atoms with Crippen LogP contribution < -0.4 is 0 Å². The molecule has 23 heavy (non-hydrogen) atoms. The van der Waals surface area contributed by atoms with Crippen LogP contribution >= 0.6 is 0 Å². The molecule has 0 aromatic heterocycles. The maximum Gasteiger partial charge on any atom is 0.501 e. The Hall–Kier alpha value is -2.28. The third-order valence-corrected chi connectivity index (χ3v) is 4.05. The average Bonchev–Trinajstić information content (AvgIpc) is 2.52. The van der Waals surface area contributed by atoms with Crippen LogP contribution in [0.2, 0.25) is 0 Å². The minimum atomic E-state index is -5.44. The maximum atomic E-state index is 12.6. The predicted molar refractivity (Wildman–Crippen MR) is 80.6 cm³/mol. The predicted octanol–water partition coefficient (Wildman–Crippen LogP) is 4.14. The van der Waals surface area contributed by atoms with E-state index in [0.29, 0.717) is 5.56 Å². The van der Waals surface area contributed by atoms with Gasteiger partial charge in [-0.2, -0.15) is 13.2 Å². The molecule has 0 aliphatic rings. The normalized spacial score (nSPS) is 12.9. The van der Waals surface area contributed by atoms with Crippen molar-refractivity contribution in [3.63, 3.8) is 0 Å². The highest BCUT2D eigenvalue weighted by Gasteiger charge is 2.44. The molecular formula is C16H13F3O3S. The molecule has 0 atom stereocenters. The first kappa shape index (κ1) is 17.1. The summed E-state index contributed by atoms with van der Waals surface area (Å²) in [5, 5.41) is 0.116. The molecule has 2 aromatic rings. The summed E-state index contributed by atoms with van der Waals surface area (Å²) in [6.45, 7) is -0.0467. The van der Waals surface area contributed by atoms with Gasteiger partial charge in [-0.25, -0.2) is 8.42 Å². The Bertz CT molecular complexity index is 767. The van der Waals surface area contributed by atoms with E-state index in [9.17, 15) is 21.6 Å². The van der Waals surface area contributed by atoms with Crippen LogP contribution in [0.15, 0.2) is 66.1 Å². The molecule has 2 rings (SSSR count). The second-order valence-electron chi connectivity index (χ2n) is 4.61. The molecule has 0 fully saturated rings. The Balaban J connectivity index is 2.34. The summed E-state index contributed by atoms with van der Waals surface area (Å²) in [6, 6.07) is 16.5. The van der Waals surface area contributed by atoms with E-state index in [1.807, 2.05) is 0 Å². The van der Waals surface area contributed by atoms with E-state index in [1.165, 1.54) is 12.1 Å². The smallest absolute Gasteiger partial charge is 0.488 e. The number of halogens is 3. The number of sulfone groups is 1. The van der Waals surface area contributed by atoms with Crippen molar-refractivity contribution in [3.05, 3.63) is 77.2 Å². The molecule has 0 aliphatic heterocycles. The van der Waals surface area contributed by atoms with Crippen molar-refractivity contribution in [2.75, 3.05) is 0 Å². The van der Waals surface area contributed by atoms with E-state index < -0.39 is 15.3 Å². The summed E-state index contributed by atoms with van der Waals surface area (Å²) in [6.07, 6.45) is 0. The fourth-order valence-corrected chi connectivity index (χ4v) is 2.35. The van der Waals surface area contributed by atoms with Crippen molar-refractivity contribution in [3.8, 4) is 0 Å². The quantitative estimate of drug-likeness (QED) is 0.767. The highest BCUT2D eigenvalue weighted by atomic mass is 32.2. The third-order valence-electron chi connectivity index (χ3n) is 2.88. The van der Waals surface area contributed by atoms with E-state index in [-0.39, 0.29) is 23.3 Å². The van der Waals surface area contributed by atoms with Gasteiger partial charge in [0.2, 0.25) is 0 Å². The standard InChI is InChI=1S/C16H13F3O3S/c17-16(18,19)23(20,21)12-15(14-9-5-2-6-10-14)22-11-13-7-3-1-4-8-13/h1-10,12H,11H2/b15-12+. The molecule has 0 spiro atoms. The number of ether oxygens (including phenoxy) is 1. The first-order chi connectivity index (χ1) is 10.8. The van der Waals surface area contributed by atoms with E-state index in [1.54, 1.807) is 48.5 Å². The van der Waals surface area contributed by atoms with Gasteiger partial charge in [-0.3, -0.25) is 0 Å². The van der Waals surface area contributed by atoms with Crippen molar-refractivity contribution in [1.29, 1.82) is 0 Å². The van der Waals surface area contributed by atoms with Crippen molar-refractivity contribution in [1.82, 2.24) is 0 Å². The molecule has 2 aromatic carbocycles. The Kier molecular flexibility index (Phi) is 5.10. The summed E-state index contributed by atoms with van der Waals surface area (Å²) in [7, 11) is -5.44. The van der Waals surface area contributed by atoms with E-state index >= 15 is 0 Å². The third kappa shape index (κ3) is 4.59. The molecule has 7 heteroatoms. The van der Waals surface area contributed by atoms with Crippen LogP contribution in [0, 0.1) is 0 Å². The van der Waals surface area contributed by atoms with Gasteiger partial charge in [-0.1, -0.05) is 60.7 Å². The minimum absolute atomic E-state index is 0.0467. The molecule has 0 radical (unpaired) electrons. The highest BCUT2D eigenvalue weighted by molar-refractivity contribution is 7.95. The monoisotopic (exact) mass is 342 g/mol. The van der Waals surface area contributed by atoms with Gasteiger partial charge >= 0.3 is 5.51 Å². The maximum absolute atomic E-state index is 12.6. The zero-order valence-corrected chi connectivity index (χ0v) is 12.6. The molecular weight excluding hydrogens is 329 g/mol. The lowest BCUT2D eigenvalue weighted by molar-refractivity contribution is -0.0423. The van der Waals surface area contributed by atoms with Crippen molar-refractivity contribution in [2.24, 2.45) is 0 Å². The fourth-order valence-electron chi connectivity index (χ4n) is 1.73. The topological polar surface area (TPSA) is 43.4 Å². The first-order valence-electron chi connectivity index (χ1n) is 6.55. The second kappa shape index (κ2) is 6.87. The molecule has 0 bridgehead atoms. The van der Waals surface area contributed by atoms with Gasteiger partial charge in [0.15, 0.2) is 0 Å². The highest BCUT2D eigenvalue weighted by Crippen LogP contribution is 2.28. The molecule has 0 N–H and O–H groups in total. The SMILES string of the molecule is O=S(=O)(/C=C(/OCc1ccccc1)c1ccccc1)C(F)(F)F. The van der Waals surface area contributed by atoms with Crippen molar-refractivity contribution in [2.45, 2.75) is 12.1 Å². The Morgan fingerprint density at radius 1 is 0.957 bits per heavy atom. The number of hydrogen-bond donors (Lipinski definition) is 0. The fraction of sp³-hybridized carbons (Fsp3) is 0.125. The number of rotatable bonds is 5. The van der Waals surface area contributed by atoms with Gasteiger partial charge in [-0.15, -0.1) is 0 Å². The molecule has 122 valence electrons. The van der Waals surface area contributed by atoms with Crippen molar-refractivity contribution >= 4 is 15.6 Å². The molecule has 3 nitrogen and oxygen atoms in total. The van der Waals surface area contributed by atoms with Gasteiger partial charge in [0.1, 0.15) is 12.4 Å². The van der Waals surface area contributed by atoms with Gasteiger partial charge in [-0.05, 0) is 5.56 Å². The lowest BCUT2D eigenvalue weighted by Crippen LogP contribution is -2.21. The van der Waals surface area contributed by atoms with Crippen LogP contribution in [0.25, 0.3) is 5.76 Å². The Labute approximate surface area is 131 Å². The summed E-state index contributed by atoms with van der Waals surface area (Å²) in [5.74, 6) is -0.355. The van der Waals surface area contributed by atoms with Crippen LogP contribution in [-0.2, 0) is 21.2 Å². The van der Waals surface area contributed by atoms with Crippen LogP contribution in [0.1, 0.15) is 11.1 Å². The molecule has 0 saturated carbocycles. The largest absolute Gasteiger partial charge is 0.501 e. The number of alkyl halides is 3. The van der Waals surface area contributed by atoms with Gasteiger partial charge < -0.3 is 4.74 Å². The number of benzene rings is 2. The van der Waals surface area contributed by atoms with Crippen LogP contribution in [-0.4, -0.2) is 13.9 Å². The van der Waals surface area contributed by atoms with E-state index in [0.717, 1.165) is 0 Å². The van der Waals surface area contributed by atoms with E-state index in [2.05, 4.69) is 0 Å². The van der Waals surface area contributed by atoms with Crippen LogP contribution in [0.4, 0.5) is 13.2 Å². The first-order valence-corrected chi connectivity index (χ1v) is 8.09. The average molecular weight is 342 g/mol. The minimum Gasteiger partial charge on any atom is -0.488 e. The number of hydrogen-bond acceptors (Lipinski definition) is 3. The van der Waals surface area contributed by atoms with Crippen LogP contribution in [0.5, 0.6) is 0 Å². The zero-order valence-electron chi connectivity index (χ0n) is 11.8. The van der Waals surface area contributed by atoms with Gasteiger partial charge in [0, 0.05) is 5.56 Å². The second-order valence-corrected chi connectivity index (χ2v) is 6.40. The molecule has 0 aliphatic carbocycles. The molecule has 0 amide bonds. The molecule has 0 heterocycles. The summed E-state index contributed by atoms with van der Waals surface area (Å²) in [4.78, 5) is 0. The van der Waals surface area contributed by atoms with Crippen LogP contribution in [0.3, 0.4) is 0 Å². The Morgan fingerprint density at radius 2 is 1.48 bits per heavy atom. The van der Waals surface area contributed by atoms with E-state index in [4.69, 9.17) is 4.74 Å². The lowest BCUT2D eigenvalue weighted by atomic mass is 10.2. The summed E-state index contributed by atoms with van der Waals surface area (Å²) < 4.78 is 65.8. The molecule has 0 saturated heterocycles. The van der Waals surface area contributed by atoms with Crippen molar-refractivity contribution < 1.29 is 26.3 Å². The zero-order chi connectivity index (χ0) is 16.9.